The van der Waals surface area contributed by atoms with Crippen LogP contribution in [0.5, 0.6) is 0 Å². The lowest BCUT2D eigenvalue weighted by atomic mass is 10.1. The lowest BCUT2D eigenvalue weighted by Gasteiger charge is -2.07. The summed E-state index contributed by atoms with van der Waals surface area (Å²) in [7, 11) is 0. The lowest BCUT2D eigenvalue weighted by Crippen LogP contribution is -2.21. The molecule has 0 aromatic heterocycles. The summed E-state index contributed by atoms with van der Waals surface area (Å²) in [5, 5.41) is 14.0. The maximum Gasteiger partial charge on any atom is 0.270 e. The first kappa shape index (κ1) is 14.4. The molecule has 0 heterocycles. The molecule has 18 heavy (non-hydrogen) atoms. The van der Waals surface area contributed by atoms with Crippen LogP contribution < -0.4 is 5.32 Å². The fourth-order valence-corrected chi connectivity index (χ4v) is 1.62. The molecule has 0 atom stereocenters. The Kier molecular flexibility index (Phi) is 5.52. The van der Waals surface area contributed by atoms with E-state index in [1.807, 2.05) is 19.1 Å². The SMILES string of the molecule is CC(=Cc1cccc([N+](=O)[O-])c1)CNCC(C)C. The first-order valence-corrected chi connectivity index (χ1v) is 6.11. The zero-order chi connectivity index (χ0) is 13.5. The van der Waals surface area contributed by atoms with E-state index in [9.17, 15) is 10.1 Å². The molecule has 1 aromatic rings. The molecule has 1 N–H and O–H groups in total. The number of nitrogens with one attached hydrogen (secondary N) is 1. The van der Waals surface area contributed by atoms with Gasteiger partial charge in [0.05, 0.1) is 4.92 Å². The van der Waals surface area contributed by atoms with Crippen LogP contribution >= 0.6 is 0 Å². The third kappa shape index (κ3) is 5.10. The van der Waals surface area contributed by atoms with Crippen molar-refractivity contribution in [1.82, 2.24) is 5.32 Å². The minimum Gasteiger partial charge on any atom is -0.313 e. The Bertz CT molecular complexity index is 439. The van der Waals surface area contributed by atoms with Crippen molar-refractivity contribution in [2.75, 3.05) is 13.1 Å². The molecule has 0 amide bonds. The molecule has 0 aliphatic rings. The number of nitrogens with zero attached hydrogens (tertiary/aromatic N) is 1. The van der Waals surface area contributed by atoms with Gasteiger partial charge in [-0.3, -0.25) is 10.1 Å². The largest absolute Gasteiger partial charge is 0.313 e. The summed E-state index contributed by atoms with van der Waals surface area (Å²) in [5.41, 5.74) is 2.16. The molecule has 0 spiro atoms. The van der Waals surface area contributed by atoms with Gasteiger partial charge in [-0.25, -0.2) is 0 Å². The molecule has 0 aliphatic heterocycles. The maximum atomic E-state index is 10.7. The topological polar surface area (TPSA) is 55.2 Å². The van der Waals surface area contributed by atoms with Gasteiger partial charge >= 0.3 is 0 Å². The fraction of sp³-hybridized carbons (Fsp3) is 0.429. The Hall–Kier alpha value is -1.68. The second-order valence-electron chi connectivity index (χ2n) is 4.87. The van der Waals surface area contributed by atoms with Crippen molar-refractivity contribution in [3.8, 4) is 0 Å². The molecule has 98 valence electrons. The zero-order valence-corrected chi connectivity index (χ0v) is 11.1. The van der Waals surface area contributed by atoms with Gasteiger partial charge in [-0.2, -0.15) is 0 Å². The molecule has 0 radical (unpaired) electrons. The van der Waals surface area contributed by atoms with Crippen molar-refractivity contribution < 1.29 is 4.92 Å². The highest BCUT2D eigenvalue weighted by molar-refractivity contribution is 5.56. The smallest absolute Gasteiger partial charge is 0.270 e. The molecular weight excluding hydrogens is 228 g/mol. The Balaban J connectivity index is 2.64. The summed E-state index contributed by atoms with van der Waals surface area (Å²) in [6.45, 7) is 8.12. The molecule has 0 saturated carbocycles. The van der Waals surface area contributed by atoms with Crippen LogP contribution in [0.2, 0.25) is 0 Å². The van der Waals surface area contributed by atoms with Crippen LogP contribution in [0.1, 0.15) is 26.3 Å². The van der Waals surface area contributed by atoms with Gasteiger partial charge in [-0.05, 0) is 24.9 Å². The summed E-state index contributed by atoms with van der Waals surface area (Å²) in [4.78, 5) is 10.3. The third-order valence-corrected chi connectivity index (χ3v) is 2.45. The van der Waals surface area contributed by atoms with Crippen molar-refractivity contribution >= 4 is 11.8 Å². The van der Waals surface area contributed by atoms with Crippen LogP contribution in [0, 0.1) is 16.0 Å². The Morgan fingerprint density at radius 1 is 1.50 bits per heavy atom. The maximum absolute atomic E-state index is 10.7. The van der Waals surface area contributed by atoms with Gasteiger partial charge in [-0.15, -0.1) is 0 Å². The minimum atomic E-state index is -0.371. The van der Waals surface area contributed by atoms with E-state index in [0.717, 1.165) is 24.2 Å². The summed E-state index contributed by atoms with van der Waals surface area (Å²) in [5.74, 6) is 0.621. The molecule has 0 unspecified atom stereocenters. The quantitative estimate of drug-likeness (QED) is 0.621. The van der Waals surface area contributed by atoms with Crippen LogP contribution in [0.4, 0.5) is 5.69 Å². The normalized spacial score (nSPS) is 11.9. The van der Waals surface area contributed by atoms with E-state index < -0.39 is 0 Å². The minimum absolute atomic E-state index is 0.131. The van der Waals surface area contributed by atoms with Crippen LogP contribution in [0.3, 0.4) is 0 Å². The monoisotopic (exact) mass is 248 g/mol. The highest BCUT2D eigenvalue weighted by Crippen LogP contribution is 2.15. The molecule has 1 rings (SSSR count). The number of nitro groups is 1. The standard InChI is InChI=1S/C14H20N2O2/c1-11(2)9-15-10-12(3)7-13-5-4-6-14(8-13)16(17)18/h4-8,11,15H,9-10H2,1-3H3. The average Bonchev–Trinajstić information content (AvgIpc) is 2.28. The number of rotatable bonds is 6. The first-order valence-electron chi connectivity index (χ1n) is 6.11. The predicted molar refractivity (Wildman–Crippen MR) is 74.5 cm³/mol. The number of non-ortho nitro benzene ring substituents is 1. The van der Waals surface area contributed by atoms with Gasteiger partial charge in [0, 0.05) is 18.7 Å². The number of nitro benzene ring substituents is 1. The molecular formula is C14H20N2O2. The second-order valence-corrected chi connectivity index (χ2v) is 4.87. The second kappa shape index (κ2) is 6.91. The Morgan fingerprint density at radius 2 is 2.22 bits per heavy atom. The predicted octanol–water partition coefficient (Wildman–Crippen LogP) is 3.24. The molecule has 4 nitrogen and oxygen atoms in total. The van der Waals surface area contributed by atoms with E-state index >= 15 is 0 Å². The van der Waals surface area contributed by atoms with E-state index in [4.69, 9.17) is 0 Å². The first-order chi connectivity index (χ1) is 8.49. The summed E-state index contributed by atoms with van der Waals surface area (Å²) >= 11 is 0. The summed E-state index contributed by atoms with van der Waals surface area (Å²) in [6, 6.07) is 6.67. The number of hydrogen-bond donors (Lipinski definition) is 1. The molecule has 1 aromatic carbocycles. The Labute approximate surface area is 108 Å². The Morgan fingerprint density at radius 3 is 2.83 bits per heavy atom. The van der Waals surface area contributed by atoms with Gasteiger partial charge in [-0.1, -0.05) is 37.6 Å². The highest BCUT2D eigenvalue weighted by Gasteiger charge is 2.04. The van der Waals surface area contributed by atoms with Crippen molar-refractivity contribution in [3.05, 3.63) is 45.5 Å². The van der Waals surface area contributed by atoms with Crippen LogP contribution in [0.25, 0.3) is 6.08 Å². The number of hydrogen-bond acceptors (Lipinski definition) is 3. The molecule has 0 bridgehead atoms. The van der Waals surface area contributed by atoms with E-state index in [1.54, 1.807) is 12.1 Å². The van der Waals surface area contributed by atoms with Crippen LogP contribution in [-0.2, 0) is 0 Å². The van der Waals surface area contributed by atoms with Gasteiger partial charge in [0.1, 0.15) is 0 Å². The summed E-state index contributed by atoms with van der Waals surface area (Å²) in [6.07, 6.45) is 1.97. The van der Waals surface area contributed by atoms with Gasteiger partial charge in [0.15, 0.2) is 0 Å². The van der Waals surface area contributed by atoms with E-state index in [2.05, 4.69) is 19.2 Å². The van der Waals surface area contributed by atoms with Crippen molar-refractivity contribution in [1.29, 1.82) is 0 Å². The molecule has 0 aliphatic carbocycles. The molecule has 4 heteroatoms. The zero-order valence-electron chi connectivity index (χ0n) is 11.1. The van der Waals surface area contributed by atoms with Crippen molar-refractivity contribution in [2.24, 2.45) is 5.92 Å². The summed E-state index contributed by atoms with van der Waals surface area (Å²) < 4.78 is 0. The molecule has 0 saturated heterocycles. The van der Waals surface area contributed by atoms with Crippen LogP contribution in [0.15, 0.2) is 29.8 Å². The van der Waals surface area contributed by atoms with E-state index in [-0.39, 0.29) is 10.6 Å². The fourth-order valence-electron chi connectivity index (χ4n) is 1.62. The van der Waals surface area contributed by atoms with Gasteiger partial charge in [0.2, 0.25) is 0 Å². The molecule has 0 fully saturated rings. The third-order valence-electron chi connectivity index (χ3n) is 2.45. The van der Waals surface area contributed by atoms with E-state index in [1.165, 1.54) is 6.07 Å². The highest BCUT2D eigenvalue weighted by atomic mass is 16.6. The van der Waals surface area contributed by atoms with Gasteiger partial charge < -0.3 is 5.32 Å². The van der Waals surface area contributed by atoms with Gasteiger partial charge in [0.25, 0.3) is 5.69 Å². The average molecular weight is 248 g/mol. The van der Waals surface area contributed by atoms with Crippen molar-refractivity contribution in [3.63, 3.8) is 0 Å². The van der Waals surface area contributed by atoms with E-state index in [0.29, 0.717) is 5.92 Å². The van der Waals surface area contributed by atoms with Crippen molar-refractivity contribution in [2.45, 2.75) is 20.8 Å². The van der Waals surface area contributed by atoms with Crippen LogP contribution in [-0.4, -0.2) is 18.0 Å². The number of benzene rings is 1. The lowest BCUT2D eigenvalue weighted by molar-refractivity contribution is -0.384.